The smallest absolute Gasteiger partial charge is 0.303 e. The summed E-state index contributed by atoms with van der Waals surface area (Å²) in [4.78, 5) is 10.3. The fourth-order valence-electron chi connectivity index (χ4n) is 1.61. The molecular formula is C13H16F2O2. The van der Waals surface area contributed by atoms with Crippen molar-refractivity contribution >= 4 is 5.97 Å². The quantitative estimate of drug-likeness (QED) is 0.827. The number of benzene rings is 1. The van der Waals surface area contributed by atoms with Gasteiger partial charge >= 0.3 is 5.97 Å². The second-order valence-electron chi connectivity index (χ2n) is 4.05. The Balaban J connectivity index is 2.73. The molecule has 0 aliphatic rings. The molecule has 0 radical (unpaired) electrons. The van der Waals surface area contributed by atoms with Gasteiger partial charge in [0.1, 0.15) is 0 Å². The van der Waals surface area contributed by atoms with Crippen LogP contribution in [0.15, 0.2) is 24.3 Å². The van der Waals surface area contributed by atoms with Crippen LogP contribution in [0, 0.1) is 0 Å². The first-order valence-electron chi connectivity index (χ1n) is 5.64. The molecule has 0 amide bonds. The topological polar surface area (TPSA) is 37.3 Å². The van der Waals surface area contributed by atoms with Crippen molar-refractivity contribution in [2.24, 2.45) is 0 Å². The summed E-state index contributed by atoms with van der Waals surface area (Å²) in [5, 5.41) is 8.40. The van der Waals surface area contributed by atoms with E-state index in [2.05, 4.69) is 0 Å². The molecule has 0 atom stereocenters. The monoisotopic (exact) mass is 242 g/mol. The van der Waals surface area contributed by atoms with Gasteiger partial charge in [-0.1, -0.05) is 37.6 Å². The zero-order valence-corrected chi connectivity index (χ0v) is 9.75. The van der Waals surface area contributed by atoms with E-state index >= 15 is 0 Å². The third kappa shape index (κ3) is 4.13. The minimum atomic E-state index is -3.07. The van der Waals surface area contributed by atoms with Crippen molar-refractivity contribution in [3.8, 4) is 0 Å². The van der Waals surface area contributed by atoms with E-state index in [1.165, 1.54) is 12.1 Å². The van der Waals surface area contributed by atoms with Gasteiger partial charge in [-0.25, -0.2) is 8.78 Å². The van der Waals surface area contributed by atoms with E-state index in [9.17, 15) is 13.6 Å². The molecule has 0 spiro atoms. The predicted molar refractivity (Wildman–Crippen MR) is 61.2 cm³/mol. The van der Waals surface area contributed by atoms with Crippen LogP contribution in [0.25, 0.3) is 0 Å². The predicted octanol–water partition coefficient (Wildman–Crippen LogP) is 3.60. The summed E-state index contributed by atoms with van der Waals surface area (Å²) in [7, 11) is 0. The fourth-order valence-corrected chi connectivity index (χ4v) is 1.61. The Morgan fingerprint density at radius 2 is 1.88 bits per heavy atom. The molecule has 0 aliphatic carbocycles. The number of aliphatic carboxylic acids is 1. The Bertz CT molecular complexity index is 372. The molecule has 1 rings (SSSR count). The maximum Gasteiger partial charge on any atom is 0.303 e. The molecule has 17 heavy (non-hydrogen) atoms. The molecule has 0 saturated heterocycles. The van der Waals surface area contributed by atoms with E-state index in [1.807, 2.05) is 6.92 Å². The van der Waals surface area contributed by atoms with Crippen LogP contribution in [0.3, 0.4) is 0 Å². The van der Waals surface area contributed by atoms with Gasteiger partial charge in [-0.3, -0.25) is 4.79 Å². The average Bonchev–Trinajstić information content (AvgIpc) is 2.28. The lowest BCUT2D eigenvalue weighted by atomic mass is 10.0. The Morgan fingerprint density at radius 3 is 2.35 bits per heavy atom. The van der Waals surface area contributed by atoms with Gasteiger partial charge in [0.15, 0.2) is 0 Å². The van der Waals surface area contributed by atoms with Crippen LogP contribution >= 0.6 is 0 Å². The van der Waals surface area contributed by atoms with Crippen LogP contribution < -0.4 is 0 Å². The second-order valence-corrected chi connectivity index (χ2v) is 4.05. The summed E-state index contributed by atoms with van der Waals surface area (Å²) in [6.07, 6.45) is 0.648. The molecule has 0 unspecified atom stereocenters. The van der Waals surface area contributed by atoms with Crippen molar-refractivity contribution in [1.29, 1.82) is 0 Å². The van der Waals surface area contributed by atoms with Gasteiger partial charge < -0.3 is 5.11 Å². The standard InChI is InChI=1S/C13H16F2O2/c1-2-3-10-4-6-11(7-5-10)13(14,15)9-8-12(16)17/h4-7H,2-3,8-9H2,1H3,(H,16,17). The summed E-state index contributed by atoms with van der Waals surface area (Å²) < 4.78 is 27.1. The normalized spacial score (nSPS) is 11.5. The van der Waals surface area contributed by atoms with E-state index in [1.54, 1.807) is 12.1 Å². The van der Waals surface area contributed by atoms with Crippen LogP contribution in [0.2, 0.25) is 0 Å². The maximum atomic E-state index is 13.6. The van der Waals surface area contributed by atoms with E-state index in [0.29, 0.717) is 0 Å². The zero-order valence-electron chi connectivity index (χ0n) is 9.75. The number of hydrogen-bond acceptors (Lipinski definition) is 1. The highest BCUT2D eigenvalue weighted by Crippen LogP contribution is 2.32. The molecular weight excluding hydrogens is 226 g/mol. The number of alkyl halides is 2. The van der Waals surface area contributed by atoms with Gasteiger partial charge in [0.25, 0.3) is 5.92 Å². The second kappa shape index (κ2) is 5.75. The van der Waals surface area contributed by atoms with Gasteiger partial charge in [-0.05, 0) is 12.0 Å². The van der Waals surface area contributed by atoms with Crippen molar-refractivity contribution in [2.75, 3.05) is 0 Å². The molecule has 0 bridgehead atoms. The minimum absolute atomic E-state index is 0.112. The highest BCUT2D eigenvalue weighted by atomic mass is 19.3. The van der Waals surface area contributed by atoms with Crippen molar-refractivity contribution in [1.82, 2.24) is 0 Å². The molecule has 1 aromatic rings. The molecule has 94 valence electrons. The lowest BCUT2D eigenvalue weighted by Crippen LogP contribution is -2.15. The first-order chi connectivity index (χ1) is 7.95. The summed E-state index contributed by atoms with van der Waals surface area (Å²) in [5.41, 5.74) is 0.906. The molecule has 1 N–H and O–H groups in total. The Hall–Kier alpha value is -1.45. The van der Waals surface area contributed by atoms with Gasteiger partial charge in [0.2, 0.25) is 0 Å². The van der Waals surface area contributed by atoms with Crippen molar-refractivity contribution in [3.05, 3.63) is 35.4 Å². The van der Waals surface area contributed by atoms with Crippen molar-refractivity contribution in [3.63, 3.8) is 0 Å². The zero-order chi connectivity index (χ0) is 12.9. The first-order valence-corrected chi connectivity index (χ1v) is 5.64. The third-order valence-corrected chi connectivity index (χ3v) is 2.57. The van der Waals surface area contributed by atoms with Crippen molar-refractivity contribution in [2.45, 2.75) is 38.5 Å². The highest BCUT2D eigenvalue weighted by Gasteiger charge is 2.31. The minimum Gasteiger partial charge on any atom is -0.481 e. The number of rotatable bonds is 6. The van der Waals surface area contributed by atoms with Gasteiger partial charge in [0.05, 0.1) is 6.42 Å². The van der Waals surface area contributed by atoms with Crippen LogP contribution in [-0.4, -0.2) is 11.1 Å². The van der Waals surface area contributed by atoms with Crippen LogP contribution in [0.5, 0.6) is 0 Å². The Labute approximate surface area is 99.3 Å². The SMILES string of the molecule is CCCc1ccc(C(F)(F)CCC(=O)O)cc1. The highest BCUT2D eigenvalue weighted by molar-refractivity contribution is 5.66. The summed E-state index contributed by atoms with van der Waals surface area (Å²) in [6, 6.07) is 6.11. The van der Waals surface area contributed by atoms with Gasteiger partial charge in [-0.2, -0.15) is 0 Å². The summed E-state index contributed by atoms with van der Waals surface area (Å²) >= 11 is 0. The van der Waals surface area contributed by atoms with E-state index in [-0.39, 0.29) is 5.56 Å². The van der Waals surface area contributed by atoms with Crippen LogP contribution in [0.1, 0.15) is 37.3 Å². The van der Waals surface area contributed by atoms with Crippen molar-refractivity contribution < 1.29 is 18.7 Å². The molecule has 2 nitrogen and oxygen atoms in total. The number of carboxylic acid groups (broad SMARTS) is 1. The number of halogens is 2. The van der Waals surface area contributed by atoms with Crippen LogP contribution in [-0.2, 0) is 17.1 Å². The maximum absolute atomic E-state index is 13.6. The molecule has 0 aromatic heterocycles. The molecule has 0 heterocycles. The summed E-state index contributed by atoms with van der Waals surface area (Å²) in [6.45, 7) is 2.02. The molecule has 1 aromatic carbocycles. The van der Waals surface area contributed by atoms with Gasteiger partial charge in [0, 0.05) is 12.0 Å². The fraction of sp³-hybridized carbons (Fsp3) is 0.462. The van der Waals surface area contributed by atoms with E-state index in [4.69, 9.17) is 5.11 Å². The number of carbonyl (C=O) groups is 1. The van der Waals surface area contributed by atoms with E-state index < -0.39 is 24.7 Å². The van der Waals surface area contributed by atoms with E-state index in [0.717, 1.165) is 18.4 Å². The molecule has 0 fully saturated rings. The lowest BCUT2D eigenvalue weighted by molar-refractivity contribution is -0.139. The largest absolute Gasteiger partial charge is 0.481 e. The van der Waals surface area contributed by atoms with Crippen LogP contribution in [0.4, 0.5) is 8.78 Å². The molecule has 4 heteroatoms. The number of aryl methyl sites for hydroxylation is 1. The summed E-state index contributed by atoms with van der Waals surface area (Å²) in [5.74, 6) is -4.27. The third-order valence-electron chi connectivity index (χ3n) is 2.57. The average molecular weight is 242 g/mol. The Morgan fingerprint density at radius 1 is 1.29 bits per heavy atom. The Kier molecular flexibility index (Phi) is 4.61. The lowest BCUT2D eigenvalue weighted by Gasteiger charge is -2.16. The first kappa shape index (κ1) is 13.6. The molecule has 0 aliphatic heterocycles. The number of carboxylic acids is 1. The van der Waals surface area contributed by atoms with Gasteiger partial charge in [-0.15, -0.1) is 0 Å². The number of hydrogen-bond donors (Lipinski definition) is 1. The molecule has 0 saturated carbocycles.